The molecule has 0 saturated carbocycles. The van der Waals surface area contributed by atoms with Crippen LogP contribution in [0.5, 0.6) is 11.5 Å². The second kappa shape index (κ2) is 7.24. The Kier molecular flexibility index (Phi) is 4.62. The highest BCUT2D eigenvalue weighted by atomic mass is 16.5. The maximum Gasteiger partial charge on any atom is 0.197 e. The van der Waals surface area contributed by atoms with Crippen molar-refractivity contribution in [2.24, 2.45) is 7.05 Å². The lowest BCUT2D eigenvalue weighted by Crippen LogP contribution is -2.11. The average Bonchev–Trinajstić information content (AvgIpc) is 2.76. The van der Waals surface area contributed by atoms with E-state index in [0.717, 1.165) is 33.7 Å². The third-order valence-corrected chi connectivity index (χ3v) is 4.99. The highest BCUT2D eigenvalue weighted by molar-refractivity contribution is 5.98. The molecule has 140 valence electrons. The van der Waals surface area contributed by atoms with Crippen molar-refractivity contribution in [1.82, 2.24) is 4.57 Å². The average molecular weight is 371 g/mol. The van der Waals surface area contributed by atoms with Crippen molar-refractivity contribution in [2.45, 2.75) is 0 Å². The van der Waals surface area contributed by atoms with E-state index in [-0.39, 0.29) is 5.43 Å². The van der Waals surface area contributed by atoms with Gasteiger partial charge in [0.2, 0.25) is 0 Å². The Balaban J connectivity index is 2.05. The minimum Gasteiger partial charge on any atom is -0.497 e. The molecule has 0 saturated heterocycles. The molecule has 4 nitrogen and oxygen atoms in total. The first-order valence-electron chi connectivity index (χ1n) is 9.03. The third-order valence-electron chi connectivity index (χ3n) is 4.99. The maximum absolute atomic E-state index is 13.5. The predicted molar refractivity (Wildman–Crippen MR) is 113 cm³/mol. The summed E-state index contributed by atoms with van der Waals surface area (Å²) in [7, 11) is 5.21. The number of aryl methyl sites for hydroxylation is 1. The predicted octanol–water partition coefficient (Wildman–Crippen LogP) is 4.89. The number of nitrogens with zero attached hydrogens (tertiary/aromatic N) is 1. The summed E-state index contributed by atoms with van der Waals surface area (Å²) in [5, 5.41) is 0.683. The minimum absolute atomic E-state index is 0.000210. The van der Waals surface area contributed by atoms with Crippen LogP contribution in [-0.4, -0.2) is 18.8 Å². The molecule has 0 bridgehead atoms. The first-order chi connectivity index (χ1) is 13.6. The molecule has 0 N–H and O–H groups in total. The SMILES string of the molecule is COc1ccc(-c2cn(C)c3cc(OC)cc(-c4ccccc4)c3c2=O)cc1. The van der Waals surface area contributed by atoms with Crippen LogP contribution in [-0.2, 0) is 7.05 Å². The van der Waals surface area contributed by atoms with Gasteiger partial charge in [-0.25, -0.2) is 0 Å². The van der Waals surface area contributed by atoms with Gasteiger partial charge < -0.3 is 14.0 Å². The van der Waals surface area contributed by atoms with Crippen molar-refractivity contribution in [3.8, 4) is 33.8 Å². The molecule has 4 heteroatoms. The highest BCUT2D eigenvalue weighted by Crippen LogP contribution is 2.32. The van der Waals surface area contributed by atoms with E-state index < -0.39 is 0 Å². The molecule has 0 spiro atoms. The van der Waals surface area contributed by atoms with Crippen LogP contribution < -0.4 is 14.9 Å². The first-order valence-corrected chi connectivity index (χ1v) is 9.03. The van der Waals surface area contributed by atoms with E-state index in [1.165, 1.54) is 0 Å². The molecule has 0 aliphatic carbocycles. The van der Waals surface area contributed by atoms with E-state index in [9.17, 15) is 4.79 Å². The van der Waals surface area contributed by atoms with Crippen LogP contribution in [0.2, 0.25) is 0 Å². The lowest BCUT2D eigenvalue weighted by atomic mass is 9.96. The van der Waals surface area contributed by atoms with Crippen LogP contribution in [0.25, 0.3) is 33.2 Å². The highest BCUT2D eigenvalue weighted by Gasteiger charge is 2.16. The Hall–Kier alpha value is -3.53. The summed E-state index contributed by atoms with van der Waals surface area (Å²) in [5.74, 6) is 1.48. The Morgan fingerprint density at radius 3 is 2.04 bits per heavy atom. The number of methoxy groups -OCH3 is 2. The molecule has 1 heterocycles. The van der Waals surface area contributed by atoms with E-state index >= 15 is 0 Å². The van der Waals surface area contributed by atoms with Crippen molar-refractivity contribution in [1.29, 1.82) is 0 Å². The zero-order valence-corrected chi connectivity index (χ0v) is 16.1. The van der Waals surface area contributed by atoms with Crippen molar-refractivity contribution in [3.63, 3.8) is 0 Å². The monoisotopic (exact) mass is 371 g/mol. The molecule has 0 amide bonds. The number of ether oxygens (including phenoxy) is 2. The van der Waals surface area contributed by atoms with Gasteiger partial charge in [-0.05, 0) is 34.9 Å². The van der Waals surface area contributed by atoms with Gasteiger partial charge in [0.1, 0.15) is 11.5 Å². The quantitative estimate of drug-likeness (QED) is 0.513. The fraction of sp³-hybridized carbons (Fsp3) is 0.125. The Morgan fingerprint density at radius 1 is 0.750 bits per heavy atom. The summed E-state index contributed by atoms with van der Waals surface area (Å²) < 4.78 is 12.7. The van der Waals surface area contributed by atoms with E-state index in [1.807, 2.05) is 84.5 Å². The van der Waals surface area contributed by atoms with Crippen molar-refractivity contribution >= 4 is 10.9 Å². The minimum atomic E-state index is -0.000210. The number of rotatable bonds is 4. The Morgan fingerprint density at radius 2 is 1.39 bits per heavy atom. The molecule has 0 radical (unpaired) electrons. The Labute approximate surface area is 163 Å². The second-order valence-corrected chi connectivity index (χ2v) is 6.65. The molecule has 28 heavy (non-hydrogen) atoms. The summed E-state index contributed by atoms with van der Waals surface area (Å²) in [6, 6.07) is 21.3. The summed E-state index contributed by atoms with van der Waals surface area (Å²) in [6.07, 6.45) is 1.88. The molecule has 0 fully saturated rings. The number of aromatic nitrogens is 1. The van der Waals surface area contributed by atoms with Gasteiger partial charge in [0.05, 0.1) is 25.1 Å². The van der Waals surface area contributed by atoms with Gasteiger partial charge in [0.15, 0.2) is 5.43 Å². The van der Waals surface area contributed by atoms with Crippen LogP contribution in [0.1, 0.15) is 0 Å². The standard InChI is InChI=1S/C24H21NO3/c1-25-15-21(17-9-11-18(27-2)12-10-17)24(26)23-20(16-7-5-4-6-8-16)13-19(28-3)14-22(23)25/h4-15H,1-3H3. The fourth-order valence-electron chi connectivity index (χ4n) is 3.51. The lowest BCUT2D eigenvalue weighted by Gasteiger charge is -2.15. The molecular weight excluding hydrogens is 350 g/mol. The van der Waals surface area contributed by atoms with Gasteiger partial charge in [0, 0.05) is 24.9 Å². The third kappa shape index (κ3) is 3.03. The van der Waals surface area contributed by atoms with Crippen molar-refractivity contribution in [2.75, 3.05) is 14.2 Å². The topological polar surface area (TPSA) is 40.5 Å². The summed E-state index contributed by atoms with van der Waals surface area (Å²) in [6.45, 7) is 0. The number of pyridine rings is 1. The lowest BCUT2D eigenvalue weighted by molar-refractivity contribution is 0.415. The number of hydrogen-bond acceptors (Lipinski definition) is 3. The van der Waals surface area contributed by atoms with Gasteiger partial charge in [-0.2, -0.15) is 0 Å². The summed E-state index contributed by atoms with van der Waals surface area (Å²) >= 11 is 0. The molecule has 4 aromatic rings. The number of fused-ring (bicyclic) bond motifs is 1. The molecular formula is C24H21NO3. The smallest absolute Gasteiger partial charge is 0.197 e. The number of hydrogen-bond donors (Lipinski definition) is 0. The largest absolute Gasteiger partial charge is 0.497 e. The van der Waals surface area contributed by atoms with Crippen LogP contribution in [0, 0.1) is 0 Å². The zero-order valence-electron chi connectivity index (χ0n) is 16.1. The molecule has 3 aromatic carbocycles. The molecule has 0 unspecified atom stereocenters. The maximum atomic E-state index is 13.5. The molecule has 1 aromatic heterocycles. The molecule has 0 aliphatic rings. The molecule has 0 aliphatic heterocycles. The van der Waals surface area contributed by atoms with Crippen LogP contribution in [0.4, 0.5) is 0 Å². The van der Waals surface area contributed by atoms with Gasteiger partial charge in [-0.15, -0.1) is 0 Å². The van der Waals surface area contributed by atoms with Gasteiger partial charge in [-0.1, -0.05) is 42.5 Å². The zero-order chi connectivity index (χ0) is 19.7. The normalized spacial score (nSPS) is 10.8. The molecule has 4 rings (SSSR count). The summed E-state index contributed by atoms with van der Waals surface area (Å²) in [4.78, 5) is 13.5. The van der Waals surface area contributed by atoms with E-state index in [1.54, 1.807) is 14.2 Å². The number of benzene rings is 3. The van der Waals surface area contributed by atoms with Crippen molar-refractivity contribution in [3.05, 3.63) is 83.2 Å². The van der Waals surface area contributed by atoms with Crippen LogP contribution >= 0.6 is 0 Å². The Bertz CT molecular complexity index is 1190. The van der Waals surface area contributed by atoms with E-state index in [4.69, 9.17) is 9.47 Å². The van der Waals surface area contributed by atoms with Gasteiger partial charge in [-0.3, -0.25) is 4.79 Å². The van der Waals surface area contributed by atoms with Gasteiger partial charge >= 0.3 is 0 Å². The summed E-state index contributed by atoms with van der Waals surface area (Å²) in [5.41, 5.74) is 4.19. The van der Waals surface area contributed by atoms with Crippen LogP contribution in [0.3, 0.4) is 0 Å². The van der Waals surface area contributed by atoms with Crippen LogP contribution in [0.15, 0.2) is 77.7 Å². The van der Waals surface area contributed by atoms with E-state index in [2.05, 4.69) is 0 Å². The first kappa shape index (κ1) is 17.9. The molecule has 0 atom stereocenters. The van der Waals surface area contributed by atoms with Gasteiger partial charge in [0.25, 0.3) is 0 Å². The van der Waals surface area contributed by atoms with Crippen molar-refractivity contribution < 1.29 is 9.47 Å². The fourth-order valence-corrected chi connectivity index (χ4v) is 3.51. The van der Waals surface area contributed by atoms with E-state index in [0.29, 0.717) is 10.9 Å². The second-order valence-electron chi connectivity index (χ2n) is 6.65.